The van der Waals surface area contributed by atoms with Crippen molar-refractivity contribution in [2.24, 2.45) is 0 Å². The molecule has 232 valence electrons. The molecule has 0 atom stereocenters. The van der Waals surface area contributed by atoms with Crippen LogP contribution in [-0.2, 0) is 16.0 Å². The molecule has 2 aromatic heterocycles. The number of benzene rings is 2. The molecule has 1 aliphatic heterocycles. The maximum atomic E-state index is 13.7. The number of rotatable bonds is 7. The van der Waals surface area contributed by atoms with E-state index in [1.54, 1.807) is 67.9 Å². The van der Waals surface area contributed by atoms with Gasteiger partial charge in [-0.15, -0.1) is 0 Å². The van der Waals surface area contributed by atoms with E-state index in [9.17, 15) is 9.59 Å². The van der Waals surface area contributed by atoms with E-state index >= 15 is 0 Å². The van der Waals surface area contributed by atoms with Gasteiger partial charge in [-0.05, 0) is 57.1 Å². The van der Waals surface area contributed by atoms with Crippen molar-refractivity contribution in [2.45, 2.75) is 39.8 Å². The van der Waals surface area contributed by atoms with Gasteiger partial charge in [0, 0.05) is 53.9 Å². The smallest absolute Gasteiger partial charge is 0.416 e. The van der Waals surface area contributed by atoms with Crippen molar-refractivity contribution in [3.8, 4) is 11.3 Å². The Morgan fingerprint density at radius 2 is 1.75 bits per heavy atom. The Morgan fingerprint density at radius 3 is 2.41 bits per heavy atom. The molecule has 5 rings (SSSR count). The maximum absolute atomic E-state index is 13.7. The fourth-order valence-corrected chi connectivity index (χ4v) is 5.63. The lowest BCUT2D eigenvalue weighted by atomic mass is 10.0. The van der Waals surface area contributed by atoms with Crippen LogP contribution in [0.2, 0.25) is 10.0 Å². The SMILES string of the molecule is CCN1CCN(c2ccc(-c3cc(N(Cc4ccc(Cl)cc4Cl)C(=O)OC(C)(C)C)n4nccc4n3)cc2C(=O)OC)CC1. The number of hydrogen-bond donors (Lipinski definition) is 0. The number of esters is 1. The van der Waals surface area contributed by atoms with Crippen molar-refractivity contribution in [3.05, 3.63) is 75.9 Å². The quantitative estimate of drug-likeness (QED) is 0.210. The molecule has 1 saturated heterocycles. The monoisotopic (exact) mass is 638 g/mol. The largest absolute Gasteiger partial charge is 0.465 e. The van der Waals surface area contributed by atoms with Gasteiger partial charge in [-0.3, -0.25) is 4.90 Å². The summed E-state index contributed by atoms with van der Waals surface area (Å²) in [6.45, 7) is 12.1. The second-order valence-corrected chi connectivity index (χ2v) is 12.4. The highest BCUT2D eigenvalue weighted by Crippen LogP contribution is 2.32. The fraction of sp³-hybridized carbons (Fsp3) is 0.375. The highest BCUT2D eigenvalue weighted by molar-refractivity contribution is 6.35. The number of carbonyl (C=O) groups excluding carboxylic acids is 2. The zero-order valence-corrected chi connectivity index (χ0v) is 27.0. The Kier molecular flexibility index (Phi) is 9.34. The van der Waals surface area contributed by atoms with Crippen LogP contribution in [0.1, 0.15) is 43.6 Å². The molecule has 0 radical (unpaired) electrons. The number of fused-ring (bicyclic) bond motifs is 1. The summed E-state index contributed by atoms with van der Waals surface area (Å²) < 4.78 is 12.6. The van der Waals surface area contributed by atoms with Crippen LogP contribution < -0.4 is 9.80 Å². The molecule has 0 aliphatic carbocycles. The first-order valence-electron chi connectivity index (χ1n) is 14.5. The summed E-state index contributed by atoms with van der Waals surface area (Å²) >= 11 is 12.7. The molecule has 1 amide bonds. The van der Waals surface area contributed by atoms with Crippen molar-refractivity contribution in [2.75, 3.05) is 49.6 Å². The predicted octanol–water partition coefficient (Wildman–Crippen LogP) is 6.57. The van der Waals surface area contributed by atoms with Crippen LogP contribution >= 0.6 is 23.2 Å². The minimum absolute atomic E-state index is 0.0828. The van der Waals surface area contributed by atoms with Gasteiger partial charge in [-0.1, -0.05) is 42.3 Å². The van der Waals surface area contributed by atoms with Gasteiger partial charge in [0.2, 0.25) is 0 Å². The molecule has 2 aromatic carbocycles. The summed E-state index contributed by atoms with van der Waals surface area (Å²) in [5.74, 6) is -0.0205. The van der Waals surface area contributed by atoms with E-state index in [0.717, 1.165) is 38.4 Å². The summed E-state index contributed by atoms with van der Waals surface area (Å²) in [6, 6.07) is 14.3. The van der Waals surface area contributed by atoms with Crippen LogP contribution in [0, 0.1) is 0 Å². The normalized spacial score (nSPS) is 14.1. The molecule has 0 saturated carbocycles. The lowest BCUT2D eigenvalue weighted by Gasteiger charge is -2.36. The number of ether oxygens (including phenoxy) is 2. The third-order valence-electron chi connectivity index (χ3n) is 7.43. The molecule has 3 heterocycles. The molecule has 12 heteroatoms. The predicted molar refractivity (Wildman–Crippen MR) is 173 cm³/mol. The Hall–Kier alpha value is -3.86. The first kappa shape index (κ1) is 31.6. The lowest BCUT2D eigenvalue weighted by Crippen LogP contribution is -2.46. The summed E-state index contributed by atoms with van der Waals surface area (Å²) in [5.41, 5.74) is 2.90. The lowest BCUT2D eigenvalue weighted by molar-refractivity contribution is 0.0572. The zero-order chi connectivity index (χ0) is 31.6. The van der Waals surface area contributed by atoms with Crippen molar-refractivity contribution in [1.82, 2.24) is 19.5 Å². The summed E-state index contributed by atoms with van der Waals surface area (Å²) in [5, 5.41) is 5.34. The molecule has 0 N–H and O–H groups in total. The van der Waals surface area contributed by atoms with Crippen LogP contribution in [0.4, 0.5) is 16.3 Å². The fourth-order valence-electron chi connectivity index (χ4n) is 5.16. The van der Waals surface area contributed by atoms with E-state index in [1.807, 2.05) is 12.1 Å². The molecule has 0 spiro atoms. The molecule has 1 aliphatic rings. The minimum atomic E-state index is -0.758. The molecule has 1 fully saturated rings. The molecule has 0 bridgehead atoms. The summed E-state index contributed by atoms with van der Waals surface area (Å²) in [7, 11) is 1.38. The van der Waals surface area contributed by atoms with Gasteiger partial charge in [0.1, 0.15) is 11.4 Å². The topological polar surface area (TPSA) is 92.5 Å². The van der Waals surface area contributed by atoms with Gasteiger partial charge in [0.05, 0.1) is 36.8 Å². The van der Waals surface area contributed by atoms with Gasteiger partial charge in [-0.2, -0.15) is 9.61 Å². The number of carbonyl (C=O) groups is 2. The Labute approximate surface area is 267 Å². The molecular formula is C32H36Cl2N6O4. The third-order valence-corrected chi connectivity index (χ3v) is 8.02. The van der Waals surface area contributed by atoms with Crippen molar-refractivity contribution < 1.29 is 19.1 Å². The summed E-state index contributed by atoms with van der Waals surface area (Å²) in [6.07, 6.45) is 1.02. The standard InChI is InChI=1S/C32H36Cl2N6O4/c1-6-37-13-15-38(16-14-37)27-10-8-21(17-24(27)30(41)43-5)26-19-29(40-28(36-26)11-12-35-40)39(31(42)44-32(2,3)4)20-22-7-9-23(33)18-25(22)34/h7-12,17-19H,6,13-16,20H2,1-5H3. The van der Waals surface area contributed by atoms with E-state index in [2.05, 4.69) is 21.8 Å². The van der Waals surface area contributed by atoms with Gasteiger partial charge in [0.15, 0.2) is 5.65 Å². The first-order chi connectivity index (χ1) is 21.0. The maximum Gasteiger partial charge on any atom is 0.416 e. The highest BCUT2D eigenvalue weighted by Gasteiger charge is 2.28. The van der Waals surface area contributed by atoms with Gasteiger partial charge in [0.25, 0.3) is 0 Å². The van der Waals surface area contributed by atoms with Crippen molar-refractivity contribution in [3.63, 3.8) is 0 Å². The second-order valence-electron chi connectivity index (χ2n) is 11.5. The van der Waals surface area contributed by atoms with Gasteiger partial charge >= 0.3 is 12.1 Å². The average molecular weight is 640 g/mol. The van der Waals surface area contributed by atoms with Crippen LogP contribution in [0.15, 0.2) is 54.7 Å². The van der Waals surface area contributed by atoms with Crippen LogP contribution in [0.25, 0.3) is 16.9 Å². The van der Waals surface area contributed by atoms with E-state index in [0.29, 0.717) is 43.9 Å². The Bertz CT molecular complexity index is 1680. The van der Waals surface area contributed by atoms with Crippen LogP contribution in [-0.4, -0.2) is 77.0 Å². The number of likely N-dealkylation sites (N-methyl/N-ethyl adjacent to an activating group) is 1. The number of nitrogens with zero attached hydrogens (tertiary/aromatic N) is 6. The molecule has 4 aromatic rings. The van der Waals surface area contributed by atoms with E-state index in [1.165, 1.54) is 12.0 Å². The highest BCUT2D eigenvalue weighted by atomic mass is 35.5. The first-order valence-corrected chi connectivity index (χ1v) is 15.2. The number of amides is 1. The number of piperazine rings is 1. The molecule has 10 nitrogen and oxygen atoms in total. The van der Waals surface area contributed by atoms with E-state index in [4.69, 9.17) is 37.7 Å². The third kappa shape index (κ3) is 6.93. The molecular weight excluding hydrogens is 603 g/mol. The number of aromatic nitrogens is 3. The van der Waals surface area contributed by atoms with E-state index in [-0.39, 0.29) is 6.54 Å². The number of anilines is 2. The van der Waals surface area contributed by atoms with Crippen LogP contribution in [0.5, 0.6) is 0 Å². The van der Waals surface area contributed by atoms with Crippen LogP contribution in [0.3, 0.4) is 0 Å². The molecule has 44 heavy (non-hydrogen) atoms. The Balaban J connectivity index is 1.60. The number of halogens is 2. The van der Waals surface area contributed by atoms with Gasteiger partial charge in [-0.25, -0.2) is 14.6 Å². The van der Waals surface area contributed by atoms with Gasteiger partial charge < -0.3 is 19.3 Å². The van der Waals surface area contributed by atoms with E-state index < -0.39 is 17.7 Å². The Morgan fingerprint density at radius 1 is 1.00 bits per heavy atom. The molecule has 0 unspecified atom stereocenters. The van der Waals surface area contributed by atoms with Crippen molar-refractivity contribution in [1.29, 1.82) is 0 Å². The number of methoxy groups -OCH3 is 1. The second kappa shape index (κ2) is 13.0. The summed E-state index contributed by atoms with van der Waals surface area (Å²) in [4.78, 5) is 37.6. The average Bonchev–Trinajstić information content (AvgIpc) is 3.48. The number of hydrogen-bond acceptors (Lipinski definition) is 8. The zero-order valence-electron chi connectivity index (χ0n) is 25.5. The minimum Gasteiger partial charge on any atom is -0.465 e. The van der Waals surface area contributed by atoms with Crippen molar-refractivity contribution >= 4 is 52.4 Å².